The predicted octanol–water partition coefficient (Wildman–Crippen LogP) is -1.01. The van der Waals surface area contributed by atoms with E-state index in [1.165, 1.54) is 11.4 Å². The van der Waals surface area contributed by atoms with Gasteiger partial charge in [-0.25, -0.2) is 4.72 Å². The van der Waals surface area contributed by atoms with Crippen LogP contribution in [0, 0.1) is 5.92 Å². The Hall–Kier alpha value is -0.170. The highest BCUT2D eigenvalue weighted by Crippen LogP contribution is 2.09. The average molecular weight is 207 g/mol. The summed E-state index contributed by atoms with van der Waals surface area (Å²) < 4.78 is 26.2. The Morgan fingerprint density at radius 2 is 2.31 bits per heavy atom. The number of rotatable bonds is 4. The molecule has 2 N–H and O–H groups in total. The van der Waals surface area contributed by atoms with E-state index in [9.17, 15) is 8.42 Å². The lowest BCUT2D eigenvalue weighted by Crippen LogP contribution is -2.39. The van der Waals surface area contributed by atoms with Crippen LogP contribution < -0.4 is 10.0 Å². The Labute approximate surface area is 79.7 Å². The molecule has 0 aromatic rings. The van der Waals surface area contributed by atoms with Crippen molar-refractivity contribution in [3.05, 3.63) is 0 Å². The standard InChI is InChI=1S/C7H17N3O2S/c1-8-13(11,12)10(2)6-7-3-4-9-5-7/h7-9H,3-6H2,1-2H3. The van der Waals surface area contributed by atoms with Crippen molar-refractivity contribution in [2.75, 3.05) is 33.7 Å². The number of nitrogens with zero attached hydrogens (tertiary/aromatic N) is 1. The first-order valence-corrected chi connectivity index (χ1v) is 5.86. The first-order valence-electron chi connectivity index (χ1n) is 4.42. The lowest BCUT2D eigenvalue weighted by molar-refractivity contribution is 0.396. The number of hydrogen-bond donors (Lipinski definition) is 2. The quantitative estimate of drug-likeness (QED) is 0.621. The summed E-state index contributed by atoms with van der Waals surface area (Å²) in [6.45, 7) is 2.51. The van der Waals surface area contributed by atoms with E-state index in [-0.39, 0.29) is 0 Å². The highest BCUT2D eigenvalue weighted by atomic mass is 32.2. The van der Waals surface area contributed by atoms with Gasteiger partial charge in [0, 0.05) is 20.6 Å². The van der Waals surface area contributed by atoms with Crippen LogP contribution in [0.3, 0.4) is 0 Å². The van der Waals surface area contributed by atoms with Gasteiger partial charge in [0.1, 0.15) is 0 Å². The van der Waals surface area contributed by atoms with Crippen molar-refractivity contribution in [2.45, 2.75) is 6.42 Å². The Morgan fingerprint density at radius 1 is 1.62 bits per heavy atom. The summed E-state index contributed by atoms with van der Waals surface area (Å²) >= 11 is 0. The summed E-state index contributed by atoms with van der Waals surface area (Å²) in [5, 5.41) is 3.21. The summed E-state index contributed by atoms with van der Waals surface area (Å²) in [6.07, 6.45) is 1.06. The highest BCUT2D eigenvalue weighted by Gasteiger charge is 2.22. The molecule has 0 saturated carbocycles. The fourth-order valence-electron chi connectivity index (χ4n) is 1.49. The van der Waals surface area contributed by atoms with Crippen LogP contribution >= 0.6 is 0 Å². The minimum atomic E-state index is -3.23. The van der Waals surface area contributed by atoms with Crippen LogP contribution in [0.1, 0.15) is 6.42 Å². The summed E-state index contributed by atoms with van der Waals surface area (Å²) in [4.78, 5) is 0. The van der Waals surface area contributed by atoms with Crippen molar-refractivity contribution < 1.29 is 8.42 Å². The topological polar surface area (TPSA) is 61.4 Å². The van der Waals surface area contributed by atoms with Crippen molar-refractivity contribution in [1.82, 2.24) is 14.3 Å². The maximum Gasteiger partial charge on any atom is 0.278 e. The van der Waals surface area contributed by atoms with E-state index in [4.69, 9.17) is 0 Å². The van der Waals surface area contributed by atoms with Crippen LogP contribution in [-0.2, 0) is 10.2 Å². The molecule has 0 radical (unpaired) electrons. The molecule has 1 rings (SSSR count). The zero-order chi connectivity index (χ0) is 9.90. The third-order valence-corrected chi connectivity index (χ3v) is 3.83. The number of hydrogen-bond acceptors (Lipinski definition) is 3. The smallest absolute Gasteiger partial charge is 0.278 e. The van der Waals surface area contributed by atoms with E-state index in [2.05, 4.69) is 10.0 Å². The second-order valence-corrected chi connectivity index (χ2v) is 5.33. The van der Waals surface area contributed by atoms with Gasteiger partial charge in [-0.15, -0.1) is 0 Å². The molecule has 1 saturated heterocycles. The van der Waals surface area contributed by atoms with E-state index in [1.807, 2.05) is 0 Å². The Kier molecular flexibility index (Phi) is 3.66. The molecule has 1 heterocycles. The van der Waals surface area contributed by atoms with Crippen molar-refractivity contribution in [2.24, 2.45) is 5.92 Å². The minimum absolute atomic E-state index is 0.452. The maximum atomic E-state index is 11.3. The van der Waals surface area contributed by atoms with Crippen molar-refractivity contribution in [3.63, 3.8) is 0 Å². The van der Waals surface area contributed by atoms with E-state index < -0.39 is 10.2 Å². The van der Waals surface area contributed by atoms with Gasteiger partial charge < -0.3 is 5.32 Å². The zero-order valence-corrected chi connectivity index (χ0v) is 8.89. The third-order valence-electron chi connectivity index (χ3n) is 2.35. The van der Waals surface area contributed by atoms with E-state index >= 15 is 0 Å². The molecule has 6 heteroatoms. The monoisotopic (exact) mass is 207 g/mol. The summed E-state index contributed by atoms with van der Waals surface area (Å²) in [5.41, 5.74) is 0. The molecule has 1 unspecified atom stereocenters. The van der Waals surface area contributed by atoms with E-state index in [1.54, 1.807) is 7.05 Å². The van der Waals surface area contributed by atoms with Crippen LogP contribution in [-0.4, -0.2) is 46.5 Å². The minimum Gasteiger partial charge on any atom is -0.316 e. The SMILES string of the molecule is CNS(=O)(=O)N(C)CC1CCNC1. The van der Waals surface area contributed by atoms with Gasteiger partial charge in [0.05, 0.1) is 0 Å². The average Bonchev–Trinajstić information content (AvgIpc) is 2.57. The molecule has 5 nitrogen and oxygen atoms in total. The normalized spacial score (nSPS) is 24.1. The molecule has 1 aliphatic heterocycles. The highest BCUT2D eigenvalue weighted by molar-refractivity contribution is 7.87. The van der Waals surface area contributed by atoms with Gasteiger partial charge >= 0.3 is 0 Å². The maximum absolute atomic E-state index is 11.3. The molecule has 0 bridgehead atoms. The van der Waals surface area contributed by atoms with Crippen LogP contribution in [0.2, 0.25) is 0 Å². The van der Waals surface area contributed by atoms with Gasteiger partial charge in [0.15, 0.2) is 0 Å². The fraction of sp³-hybridized carbons (Fsp3) is 1.00. The fourth-order valence-corrected chi connectivity index (χ4v) is 2.21. The molecule has 0 spiro atoms. The van der Waals surface area contributed by atoms with Gasteiger partial charge in [0.25, 0.3) is 10.2 Å². The van der Waals surface area contributed by atoms with Crippen LogP contribution in [0.15, 0.2) is 0 Å². The largest absolute Gasteiger partial charge is 0.316 e. The molecular weight excluding hydrogens is 190 g/mol. The molecule has 78 valence electrons. The Balaban J connectivity index is 2.44. The first-order chi connectivity index (χ1) is 6.06. The van der Waals surface area contributed by atoms with Gasteiger partial charge in [0.2, 0.25) is 0 Å². The van der Waals surface area contributed by atoms with Gasteiger partial charge in [-0.3, -0.25) is 0 Å². The first kappa shape index (κ1) is 10.9. The van der Waals surface area contributed by atoms with Gasteiger partial charge in [-0.05, 0) is 25.4 Å². The van der Waals surface area contributed by atoms with Crippen LogP contribution in [0.5, 0.6) is 0 Å². The number of nitrogens with one attached hydrogen (secondary N) is 2. The van der Waals surface area contributed by atoms with Gasteiger partial charge in [-0.2, -0.15) is 12.7 Å². The summed E-state index contributed by atoms with van der Waals surface area (Å²) in [5.74, 6) is 0.452. The van der Waals surface area contributed by atoms with E-state index in [0.717, 1.165) is 19.5 Å². The second kappa shape index (κ2) is 4.36. The lowest BCUT2D eigenvalue weighted by atomic mass is 10.1. The van der Waals surface area contributed by atoms with Crippen molar-refractivity contribution in [1.29, 1.82) is 0 Å². The summed E-state index contributed by atoms with van der Waals surface area (Å²) in [6, 6.07) is 0. The van der Waals surface area contributed by atoms with Crippen LogP contribution in [0.25, 0.3) is 0 Å². The second-order valence-electron chi connectivity index (χ2n) is 3.35. The molecule has 1 aliphatic rings. The molecule has 0 aromatic carbocycles. The van der Waals surface area contributed by atoms with Crippen molar-refractivity contribution >= 4 is 10.2 Å². The summed E-state index contributed by atoms with van der Waals surface area (Å²) in [7, 11) is -0.199. The van der Waals surface area contributed by atoms with E-state index in [0.29, 0.717) is 12.5 Å². The molecular formula is C7H17N3O2S. The molecule has 0 amide bonds. The lowest BCUT2D eigenvalue weighted by Gasteiger charge is -2.19. The predicted molar refractivity (Wildman–Crippen MR) is 51.6 cm³/mol. The molecule has 0 aromatic heterocycles. The Morgan fingerprint density at radius 3 is 2.77 bits per heavy atom. The molecule has 0 aliphatic carbocycles. The molecule has 1 fully saturated rings. The van der Waals surface area contributed by atoms with Crippen molar-refractivity contribution in [3.8, 4) is 0 Å². The third kappa shape index (κ3) is 2.91. The molecule has 13 heavy (non-hydrogen) atoms. The van der Waals surface area contributed by atoms with Crippen LogP contribution in [0.4, 0.5) is 0 Å². The Bertz CT molecular complexity index is 246. The van der Waals surface area contributed by atoms with Gasteiger partial charge in [-0.1, -0.05) is 0 Å². The zero-order valence-electron chi connectivity index (χ0n) is 8.08. The molecule has 1 atom stereocenters.